The highest BCUT2D eigenvalue weighted by Gasteiger charge is 2.16. The molecular weight excluding hydrogens is 296 g/mol. The van der Waals surface area contributed by atoms with Gasteiger partial charge in [0.2, 0.25) is 11.7 Å². The van der Waals surface area contributed by atoms with Gasteiger partial charge in [-0.05, 0) is 25.1 Å². The summed E-state index contributed by atoms with van der Waals surface area (Å²) in [7, 11) is 1.66. The topological polar surface area (TPSA) is 48.2 Å². The van der Waals surface area contributed by atoms with Gasteiger partial charge in [0.15, 0.2) is 0 Å². The van der Waals surface area contributed by atoms with Crippen molar-refractivity contribution in [2.24, 2.45) is 0 Å². The van der Waals surface area contributed by atoms with Gasteiger partial charge in [0, 0.05) is 10.5 Å². The van der Waals surface area contributed by atoms with Crippen molar-refractivity contribution in [1.82, 2.24) is 10.1 Å². The molecule has 4 nitrogen and oxygen atoms in total. The first-order valence-electron chi connectivity index (χ1n) is 6.96. The SMILES string of the molecule is COc1cccc(SC(C)c2nc(-c3ccccc3)no2)c1. The van der Waals surface area contributed by atoms with E-state index in [2.05, 4.69) is 10.1 Å². The van der Waals surface area contributed by atoms with Crippen LogP contribution >= 0.6 is 11.8 Å². The number of nitrogens with zero attached hydrogens (tertiary/aromatic N) is 2. The van der Waals surface area contributed by atoms with E-state index in [1.165, 1.54) is 0 Å². The molecule has 0 spiro atoms. The molecule has 0 N–H and O–H groups in total. The molecule has 1 atom stereocenters. The lowest BCUT2D eigenvalue weighted by molar-refractivity contribution is 0.381. The minimum Gasteiger partial charge on any atom is -0.497 e. The number of hydrogen-bond acceptors (Lipinski definition) is 5. The van der Waals surface area contributed by atoms with Gasteiger partial charge >= 0.3 is 0 Å². The van der Waals surface area contributed by atoms with Crippen molar-refractivity contribution < 1.29 is 9.26 Å². The van der Waals surface area contributed by atoms with Gasteiger partial charge in [0.25, 0.3) is 0 Å². The van der Waals surface area contributed by atoms with E-state index < -0.39 is 0 Å². The first kappa shape index (κ1) is 14.7. The fraction of sp³-hybridized carbons (Fsp3) is 0.176. The highest BCUT2D eigenvalue weighted by atomic mass is 32.2. The Morgan fingerprint density at radius 2 is 1.91 bits per heavy atom. The summed E-state index contributed by atoms with van der Waals surface area (Å²) in [6.45, 7) is 2.05. The fourth-order valence-corrected chi connectivity index (χ4v) is 2.98. The summed E-state index contributed by atoms with van der Waals surface area (Å²) in [5.74, 6) is 2.08. The van der Waals surface area contributed by atoms with Crippen LogP contribution in [-0.4, -0.2) is 17.3 Å². The smallest absolute Gasteiger partial charge is 0.240 e. The summed E-state index contributed by atoms with van der Waals surface area (Å²) in [5.41, 5.74) is 0.955. The van der Waals surface area contributed by atoms with Gasteiger partial charge in [0.05, 0.1) is 12.4 Å². The van der Waals surface area contributed by atoms with Crippen LogP contribution in [0.1, 0.15) is 18.1 Å². The van der Waals surface area contributed by atoms with Gasteiger partial charge in [-0.15, -0.1) is 11.8 Å². The minimum atomic E-state index is 0.0667. The van der Waals surface area contributed by atoms with E-state index in [0.29, 0.717) is 11.7 Å². The van der Waals surface area contributed by atoms with Crippen molar-refractivity contribution in [3.63, 3.8) is 0 Å². The molecule has 3 aromatic rings. The highest BCUT2D eigenvalue weighted by molar-refractivity contribution is 7.99. The molecular formula is C17H16N2O2S. The third-order valence-corrected chi connectivity index (χ3v) is 4.26. The number of ether oxygens (including phenoxy) is 1. The van der Waals surface area contributed by atoms with E-state index in [-0.39, 0.29) is 5.25 Å². The van der Waals surface area contributed by atoms with E-state index >= 15 is 0 Å². The second-order valence-corrected chi connectivity index (χ2v) is 6.18. The van der Waals surface area contributed by atoms with Crippen LogP contribution in [0.5, 0.6) is 5.75 Å². The normalized spacial score (nSPS) is 12.1. The molecule has 1 heterocycles. The summed E-state index contributed by atoms with van der Waals surface area (Å²) in [5, 5.41) is 4.13. The van der Waals surface area contributed by atoms with Crippen molar-refractivity contribution in [2.75, 3.05) is 7.11 Å². The standard InChI is InChI=1S/C17H16N2O2S/c1-12(22-15-10-6-9-14(11-15)20-2)17-18-16(19-21-17)13-7-4-3-5-8-13/h3-12H,1-2H3. The molecule has 0 saturated heterocycles. The average Bonchev–Trinajstić information content (AvgIpc) is 3.06. The molecule has 112 valence electrons. The lowest BCUT2D eigenvalue weighted by atomic mass is 10.2. The molecule has 5 heteroatoms. The number of rotatable bonds is 5. The quantitative estimate of drug-likeness (QED) is 0.644. The first-order chi connectivity index (χ1) is 10.8. The van der Waals surface area contributed by atoms with Crippen LogP contribution in [0, 0.1) is 0 Å². The lowest BCUT2D eigenvalue weighted by Gasteiger charge is -2.07. The van der Waals surface area contributed by atoms with Crippen LogP contribution < -0.4 is 4.74 Å². The van der Waals surface area contributed by atoms with Crippen molar-refractivity contribution in [3.8, 4) is 17.1 Å². The lowest BCUT2D eigenvalue weighted by Crippen LogP contribution is -1.89. The second kappa shape index (κ2) is 6.66. The molecule has 3 rings (SSSR count). The number of benzene rings is 2. The Hall–Kier alpha value is -2.27. The van der Waals surface area contributed by atoms with Crippen LogP contribution in [0.3, 0.4) is 0 Å². The maximum atomic E-state index is 5.40. The predicted octanol–water partition coefficient (Wildman–Crippen LogP) is 4.60. The van der Waals surface area contributed by atoms with E-state index in [0.717, 1.165) is 16.2 Å². The zero-order valence-corrected chi connectivity index (χ0v) is 13.2. The number of thioether (sulfide) groups is 1. The largest absolute Gasteiger partial charge is 0.497 e. The van der Waals surface area contributed by atoms with Crippen LogP contribution in [0.4, 0.5) is 0 Å². The Labute approximate surface area is 133 Å². The Balaban J connectivity index is 1.75. The maximum Gasteiger partial charge on any atom is 0.240 e. The van der Waals surface area contributed by atoms with E-state index in [4.69, 9.17) is 9.26 Å². The van der Waals surface area contributed by atoms with E-state index in [1.54, 1.807) is 18.9 Å². The number of methoxy groups -OCH3 is 1. The summed E-state index contributed by atoms with van der Waals surface area (Å²) in [6, 6.07) is 17.7. The number of aromatic nitrogens is 2. The molecule has 0 aliphatic carbocycles. The van der Waals surface area contributed by atoms with E-state index in [9.17, 15) is 0 Å². The monoisotopic (exact) mass is 312 g/mol. The molecule has 22 heavy (non-hydrogen) atoms. The Morgan fingerprint density at radius 3 is 2.68 bits per heavy atom. The maximum absolute atomic E-state index is 5.40. The predicted molar refractivity (Wildman–Crippen MR) is 87.0 cm³/mol. The van der Waals surface area contributed by atoms with Gasteiger partial charge < -0.3 is 9.26 Å². The zero-order valence-electron chi connectivity index (χ0n) is 12.4. The third-order valence-electron chi connectivity index (χ3n) is 3.18. The van der Waals surface area contributed by atoms with Crippen LogP contribution in [-0.2, 0) is 0 Å². The Kier molecular flexibility index (Phi) is 4.44. The molecule has 0 saturated carbocycles. The number of hydrogen-bond donors (Lipinski definition) is 0. The zero-order chi connectivity index (χ0) is 15.4. The first-order valence-corrected chi connectivity index (χ1v) is 7.84. The molecule has 2 aromatic carbocycles. The summed E-state index contributed by atoms with van der Waals surface area (Å²) in [6.07, 6.45) is 0. The van der Waals surface area contributed by atoms with Crippen molar-refractivity contribution in [2.45, 2.75) is 17.1 Å². The Morgan fingerprint density at radius 1 is 1.09 bits per heavy atom. The van der Waals surface area contributed by atoms with Gasteiger partial charge in [-0.3, -0.25) is 0 Å². The van der Waals surface area contributed by atoms with Crippen LogP contribution in [0.25, 0.3) is 11.4 Å². The summed E-state index contributed by atoms with van der Waals surface area (Å²) < 4.78 is 10.6. The molecule has 1 unspecified atom stereocenters. The molecule has 0 aliphatic rings. The average molecular weight is 312 g/mol. The highest BCUT2D eigenvalue weighted by Crippen LogP contribution is 2.35. The molecule has 0 aliphatic heterocycles. The van der Waals surface area contributed by atoms with Crippen molar-refractivity contribution in [1.29, 1.82) is 0 Å². The molecule has 0 bridgehead atoms. The van der Waals surface area contributed by atoms with Crippen molar-refractivity contribution in [3.05, 3.63) is 60.5 Å². The summed E-state index contributed by atoms with van der Waals surface area (Å²) in [4.78, 5) is 5.59. The fourth-order valence-electron chi connectivity index (χ4n) is 2.03. The molecule has 1 aromatic heterocycles. The second-order valence-electron chi connectivity index (χ2n) is 4.76. The third kappa shape index (κ3) is 3.31. The minimum absolute atomic E-state index is 0.0667. The molecule has 0 radical (unpaired) electrons. The van der Waals surface area contributed by atoms with Gasteiger partial charge in [-0.2, -0.15) is 4.98 Å². The molecule has 0 fully saturated rings. The summed E-state index contributed by atoms with van der Waals surface area (Å²) >= 11 is 1.66. The van der Waals surface area contributed by atoms with Gasteiger partial charge in [-0.1, -0.05) is 41.6 Å². The van der Waals surface area contributed by atoms with Gasteiger partial charge in [-0.25, -0.2) is 0 Å². The van der Waals surface area contributed by atoms with E-state index in [1.807, 2.05) is 61.5 Å². The Bertz CT molecular complexity index is 743. The van der Waals surface area contributed by atoms with Crippen LogP contribution in [0.15, 0.2) is 64.0 Å². The van der Waals surface area contributed by atoms with Crippen molar-refractivity contribution >= 4 is 11.8 Å². The van der Waals surface area contributed by atoms with Crippen LogP contribution in [0.2, 0.25) is 0 Å². The molecule has 0 amide bonds. The van der Waals surface area contributed by atoms with Gasteiger partial charge in [0.1, 0.15) is 5.75 Å².